The Balaban J connectivity index is 1.66. The number of hydrogen-bond acceptors (Lipinski definition) is 3. The van der Waals surface area contributed by atoms with Crippen LogP contribution in [0.1, 0.15) is 28.6 Å². The number of benzene rings is 2. The molecule has 2 heterocycles. The Labute approximate surface area is 178 Å². The van der Waals surface area contributed by atoms with E-state index in [1.165, 1.54) is 0 Å². The highest BCUT2D eigenvalue weighted by Crippen LogP contribution is 2.30. The molecule has 142 valence electrons. The second kappa shape index (κ2) is 7.91. The molecule has 3 aromatic rings. The fourth-order valence-electron chi connectivity index (χ4n) is 3.12. The molecule has 0 amide bonds. The van der Waals surface area contributed by atoms with Gasteiger partial charge in [0.2, 0.25) is 0 Å². The Morgan fingerprint density at radius 1 is 1.14 bits per heavy atom. The highest BCUT2D eigenvalue weighted by Gasteiger charge is 2.23. The normalized spacial score (nSPS) is 16.3. The zero-order valence-electron chi connectivity index (χ0n) is 15.0. The third-order valence-corrected chi connectivity index (χ3v) is 5.36. The molecule has 0 bridgehead atoms. The summed E-state index contributed by atoms with van der Waals surface area (Å²) in [7, 11) is 0. The molecule has 4 rings (SSSR count). The Morgan fingerprint density at radius 3 is 2.68 bits per heavy atom. The van der Waals surface area contributed by atoms with E-state index in [4.69, 9.17) is 35.4 Å². The van der Waals surface area contributed by atoms with Crippen molar-refractivity contribution in [1.29, 1.82) is 0 Å². The number of rotatable bonds is 4. The Hall–Kier alpha value is -2.41. The highest BCUT2D eigenvalue weighted by molar-refractivity contribution is 7.80. The molecular formula is C20H17Cl2N5S. The van der Waals surface area contributed by atoms with Crippen LogP contribution in [0.4, 0.5) is 0 Å². The molecule has 5 nitrogen and oxygen atoms in total. The quantitative estimate of drug-likeness (QED) is 0.597. The van der Waals surface area contributed by atoms with Crippen LogP contribution in [0.15, 0.2) is 54.6 Å². The van der Waals surface area contributed by atoms with Gasteiger partial charge in [-0.3, -0.25) is 0 Å². The van der Waals surface area contributed by atoms with Crippen molar-refractivity contribution in [3.8, 4) is 0 Å². The molecule has 0 fully saturated rings. The van der Waals surface area contributed by atoms with Crippen LogP contribution < -0.4 is 10.6 Å². The van der Waals surface area contributed by atoms with Crippen LogP contribution in [-0.2, 0) is 6.54 Å². The van der Waals surface area contributed by atoms with Crippen molar-refractivity contribution in [2.24, 2.45) is 0 Å². The van der Waals surface area contributed by atoms with E-state index >= 15 is 0 Å². The fraction of sp³-hybridized carbons (Fsp3) is 0.150. The molecule has 1 atom stereocenters. The molecule has 0 radical (unpaired) electrons. The van der Waals surface area contributed by atoms with Crippen LogP contribution in [0.3, 0.4) is 0 Å². The molecule has 28 heavy (non-hydrogen) atoms. The zero-order chi connectivity index (χ0) is 19.7. The second-order valence-electron chi connectivity index (χ2n) is 6.49. The number of halogens is 2. The number of hydrogen-bond donors (Lipinski definition) is 2. The molecule has 0 aliphatic carbocycles. The van der Waals surface area contributed by atoms with Crippen molar-refractivity contribution >= 4 is 46.2 Å². The minimum atomic E-state index is -0.188. The average Bonchev–Trinajstić information content (AvgIpc) is 3.02. The van der Waals surface area contributed by atoms with Gasteiger partial charge < -0.3 is 10.6 Å². The van der Waals surface area contributed by atoms with Gasteiger partial charge in [-0.1, -0.05) is 64.8 Å². The van der Waals surface area contributed by atoms with Crippen molar-refractivity contribution in [2.45, 2.75) is 19.5 Å². The average molecular weight is 430 g/mol. The van der Waals surface area contributed by atoms with Gasteiger partial charge in [-0.25, -0.2) is 4.68 Å². The molecule has 8 heteroatoms. The SMILES string of the molecule is Cc1c(C2=CC(c3ccc(Cl)cc3Cl)NC(=S)N2)nnn1Cc1ccccc1. The molecule has 2 aromatic carbocycles. The molecule has 1 aliphatic rings. The predicted molar refractivity (Wildman–Crippen MR) is 116 cm³/mol. The van der Waals surface area contributed by atoms with Crippen LogP contribution >= 0.6 is 35.4 Å². The summed E-state index contributed by atoms with van der Waals surface area (Å²) in [5.74, 6) is 0. The summed E-state index contributed by atoms with van der Waals surface area (Å²) in [6.07, 6.45) is 2.01. The topological polar surface area (TPSA) is 54.8 Å². The van der Waals surface area contributed by atoms with Gasteiger partial charge in [0, 0.05) is 10.0 Å². The number of nitrogens with one attached hydrogen (secondary N) is 2. The van der Waals surface area contributed by atoms with Crippen molar-refractivity contribution in [2.75, 3.05) is 0 Å². The van der Waals surface area contributed by atoms with E-state index in [1.807, 2.05) is 48.0 Å². The van der Waals surface area contributed by atoms with E-state index in [9.17, 15) is 0 Å². The molecular weight excluding hydrogens is 413 g/mol. The van der Waals surface area contributed by atoms with Gasteiger partial charge in [0.15, 0.2) is 5.11 Å². The lowest BCUT2D eigenvalue weighted by atomic mass is 10.0. The first kappa shape index (κ1) is 18.9. The standard InChI is InChI=1S/C20H17Cl2N5S/c1-12-19(25-26-27(12)11-13-5-3-2-4-6-13)18-10-17(23-20(28)24-18)15-8-7-14(21)9-16(15)22/h2-10,17H,11H2,1H3,(H2,23,24,28). The maximum Gasteiger partial charge on any atom is 0.171 e. The maximum atomic E-state index is 6.38. The smallest absolute Gasteiger partial charge is 0.171 e. The monoisotopic (exact) mass is 429 g/mol. The summed E-state index contributed by atoms with van der Waals surface area (Å²) in [4.78, 5) is 0. The fourth-order valence-corrected chi connectivity index (χ4v) is 3.89. The lowest BCUT2D eigenvalue weighted by Gasteiger charge is -2.26. The Bertz CT molecular complexity index is 1060. The summed E-state index contributed by atoms with van der Waals surface area (Å²) < 4.78 is 1.88. The molecule has 0 spiro atoms. The molecule has 1 aliphatic heterocycles. The number of aromatic nitrogens is 3. The van der Waals surface area contributed by atoms with Crippen molar-refractivity contribution in [3.63, 3.8) is 0 Å². The summed E-state index contributed by atoms with van der Waals surface area (Å²) >= 11 is 17.8. The van der Waals surface area contributed by atoms with Gasteiger partial charge in [-0.15, -0.1) is 5.10 Å². The second-order valence-corrected chi connectivity index (χ2v) is 7.74. The third-order valence-electron chi connectivity index (χ3n) is 4.58. The van der Waals surface area contributed by atoms with Crippen LogP contribution in [0, 0.1) is 6.92 Å². The molecule has 0 saturated carbocycles. The molecule has 0 saturated heterocycles. The van der Waals surface area contributed by atoms with Crippen LogP contribution in [0.2, 0.25) is 10.0 Å². The van der Waals surface area contributed by atoms with Gasteiger partial charge in [0.05, 0.1) is 24.0 Å². The number of nitrogens with zero attached hydrogens (tertiary/aromatic N) is 3. The Morgan fingerprint density at radius 2 is 1.93 bits per heavy atom. The van der Waals surface area contributed by atoms with E-state index in [2.05, 4.69) is 33.1 Å². The lowest BCUT2D eigenvalue weighted by Crippen LogP contribution is -2.40. The van der Waals surface area contributed by atoms with Gasteiger partial charge in [0.1, 0.15) is 5.69 Å². The first-order valence-corrected chi connectivity index (χ1v) is 9.86. The summed E-state index contributed by atoms with van der Waals surface area (Å²) in [5.41, 5.74) is 4.57. The maximum absolute atomic E-state index is 6.38. The molecule has 2 N–H and O–H groups in total. The van der Waals surface area contributed by atoms with Gasteiger partial charge in [0.25, 0.3) is 0 Å². The van der Waals surface area contributed by atoms with E-state index in [0.717, 1.165) is 28.2 Å². The summed E-state index contributed by atoms with van der Waals surface area (Å²) in [6.45, 7) is 2.65. The largest absolute Gasteiger partial charge is 0.352 e. The Kier molecular flexibility index (Phi) is 5.35. The minimum Gasteiger partial charge on any atom is -0.352 e. The number of thiocarbonyl (C=S) groups is 1. The minimum absolute atomic E-state index is 0.188. The van der Waals surface area contributed by atoms with Crippen molar-refractivity contribution in [3.05, 3.63) is 87.2 Å². The van der Waals surface area contributed by atoms with E-state index < -0.39 is 0 Å². The van der Waals surface area contributed by atoms with E-state index in [-0.39, 0.29) is 6.04 Å². The summed E-state index contributed by atoms with van der Waals surface area (Å²) in [5, 5.41) is 16.8. The highest BCUT2D eigenvalue weighted by atomic mass is 35.5. The first-order chi connectivity index (χ1) is 13.5. The van der Waals surface area contributed by atoms with Gasteiger partial charge >= 0.3 is 0 Å². The van der Waals surface area contributed by atoms with Crippen molar-refractivity contribution in [1.82, 2.24) is 25.6 Å². The molecule has 1 unspecified atom stereocenters. The van der Waals surface area contributed by atoms with Crippen LogP contribution in [0.25, 0.3) is 5.70 Å². The third kappa shape index (κ3) is 3.90. The van der Waals surface area contributed by atoms with E-state index in [0.29, 0.717) is 21.7 Å². The predicted octanol–water partition coefficient (Wildman–Crippen LogP) is 4.50. The van der Waals surface area contributed by atoms with Crippen LogP contribution in [0.5, 0.6) is 0 Å². The first-order valence-electron chi connectivity index (χ1n) is 8.70. The molecule has 1 aromatic heterocycles. The lowest BCUT2D eigenvalue weighted by molar-refractivity contribution is 0.633. The summed E-state index contributed by atoms with van der Waals surface area (Å²) in [6, 6.07) is 15.4. The van der Waals surface area contributed by atoms with Gasteiger partial charge in [-0.2, -0.15) is 0 Å². The van der Waals surface area contributed by atoms with Crippen molar-refractivity contribution < 1.29 is 0 Å². The van der Waals surface area contributed by atoms with E-state index in [1.54, 1.807) is 6.07 Å². The van der Waals surface area contributed by atoms with Crippen LogP contribution in [-0.4, -0.2) is 20.1 Å². The zero-order valence-corrected chi connectivity index (χ0v) is 17.3. The van der Waals surface area contributed by atoms with Gasteiger partial charge in [-0.05, 0) is 48.5 Å².